The smallest absolute Gasteiger partial charge is 0.171 e. The fourth-order valence-corrected chi connectivity index (χ4v) is 2.68. The molecule has 19 heavy (non-hydrogen) atoms. The number of fused-ring (bicyclic) bond motifs is 1. The lowest BCUT2D eigenvalue weighted by atomic mass is 10.2. The van der Waals surface area contributed by atoms with E-state index in [1.54, 1.807) is 6.07 Å². The van der Waals surface area contributed by atoms with Crippen molar-refractivity contribution in [3.8, 4) is 5.75 Å². The molecular weight excluding hydrogens is 313 g/mol. The molecule has 0 aliphatic carbocycles. The second-order valence-electron chi connectivity index (χ2n) is 4.50. The van der Waals surface area contributed by atoms with Crippen molar-refractivity contribution in [2.75, 3.05) is 0 Å². The molecule has 0 saturated heterocycles. The molecule has 0 radical (unpaired) electrons. The summed E-state index contributed by atoms with van der Waals surface area (Å²) in [5.74, 6) is 2.17. The molecule has 4 nitrogen and oxygen atoms in total. The van der Waals surface area contributed by atoms with Gasteiger partial charge >= 0.3 is 0 Å². The van der Waals surface area contributed by atoms with Gasteiger partial charge in [-0.3, -0.25) is 0 Å². The summed E-state index contributed by atoms with van der Waals surface area (Å²) >= 11 is 3.28. The van der Waals surface area contributed by atoms with Crippen LogP contribution in [0.1, 0.15) is 24.5 Å². The van der Waals surface area contributed by atoms with Crippen molar-refractivity contribution in [3.05, 3.63) is 40.1 Å². The third-order valence-corrected chi connectivity index (χ3v) is 3.81. The van der Waals surface area contributed by atoms with Crippen LogP contribution in [0.5, 0.6) is 5.75 Å². The van der Waals surface area contributed by atoms with Gasteiger partial charge in [0, 0.05) is 13.0 Å². The van der Waals surface area contributed by atoms with E-state index in [1.807, 2.05) is 0 Å². The van der Waals surface area contributed by atoms with Gasteiger partial charge in [0.15, 0.2) is 5.82 Å². The predicted molar refractivity (Wildman–Crippen MR) is 71.4 cm³/mol. The zero-order chi connectivity index (χ0) is 13.2. The number of aryl methyl sites for hydroxylation is 1. The van der Waals surface area contributed by atoms with E-state index in [2.05, 4.69) is 30.7 Å². The fraction of sp³-hybridized carbons (Fsp3) is 0.385. The summed E-state index contributed by atoms with van der Waals surface area (Å²) in [5.41, 5.74) is 0. The van der Waals surface area contributed by atoms with Gasteiger partial charge in [-0.25, -0.2) is 4.39 Å². The maximum atomic E-state index is 13.0. The van der Waals surface area contributed by atoms with Crippen LogP contribution in [-0.4, -0.2) is 14.8 Å². The third kappa shape index (κ3) is 2.63. The Labute approximate surface area is 118 Å². The Balaban J connectivity index is 1.74. The molecule has 1 aromatic heterocycles. The highest BCUT2D eigenvalue weighted by Crippen LogP contribution is 2.26. The molecule has 0 atom stereocenters. The van der Waals surface area contributed by atoms with Crippen LogP contribution in [0, 0.1) is 5.82 Å². The molecule has 100 valence electrons. The van der Waals surface area contributed by atoms with E-state index in [1.165, 1.54) is 18.6 Å². The molecule has 0 saturated carbocycles. The molecule has 1 aromatic carbocycles. The summed E-state index contributed by atoms with van der Waals surface area (Å²) in [6, 6.07) is 4.36. The molecule has 2 aromatic rings. The Hall–Kier alpha value is -1.43. The van der Waals surface area contributed by atoms with Crippen LogP contribution >= 0.6 is 15.9 Å². The number of hydrogen-bond donors (Lipinski definition) is 0. The molecule has 1 aliphatic rings. The van der Waals surface area contributed by atoms with Crippen molar-refractivity contribution in [2.24, 2.45) is 0 Å². The molecule has 0 fully saturated rings. The number of rotatable bonds is 3. The van der Waals surface area contributed by atoms with Crippen LogP contribution in [0.4, 0.5) is 4.39 Å². The van der Waals surface area contributed by atoms with Gasteiger partial charge in [-0.05, 0) is 47.0 Å². The lowest BCUT2D eigenvalue weighted by Gasteiger charge is -2.15. The van der Waals surface area contributed by atoms with E-state index in [9.17, 15) is 4.39 Å². The number of nitrogens with zero attached hydrogens (tertiary/aromatic N) is 3. The van der Waals surface area contributed by atoms with Crippen LogP contribution in [-0.2, 0) is 19.6 Å². The quantitative estimate of drug-likeness (QED) is 0.870. The van der Waals surface area contributed by atoms with Gasteiger partial charge in [-0.1, -0.05) is 0 Å². The normalized spacial score (nSPS) is 14.2. The Morgan fingerprint density at radius 3 is 3.05 bits per heavy atom. The van der Waals surface area contributed by atoms with E-state index in [0.29, 0.717) is 16.8 Å². The van der Waals surface area contributed by atoms with E-state index < -0.39 is 0 Å². The van der Waals surface area contributed by atoms with Crippen molar-refractivity contribution in [3.63, 3.8) is 0 Å². The van der Waals surface area contributed by atoms with Crippen LogP contribution in [0.25, 0.3) is 0 Å². The van der Waals surface area contributed by atoms with Crippen LogP contribution < -0.4 is 4.74 Å². The number of aromatic nitrogens is 3. The average molecular weight is 326 g/mol. The zero-order valence-corrected chi connectivity index (χ0v) is 11.9. The summed E-state index contributed by atoms with van der Waals surface area (Å²) in [4.78, 5) is 0. The van der Waals surface area contributed by atoms with Crippen molar-refractivity contribution in [2.45, 2.75) is 32.4 Å². The topological polar surface area (TPSA) is 39.9 Å². The largest absolute Gasteiger partial charge is 0.484 e. The minimum atomic E-state index is -0.293. The van der Waals surface area contributed by atoms with E-state index in [0.717, 1.165) is 31.0 Å². The van der Waals surface area contributed by atoms with E-state index >= 15 is 0 Å². The van der Waals surface area contributed by atoms with Crippen LogP contribution in [0.3, 0.4) is 0 Å². The highest BCUT2D eigenvalue weighted by molar-refractivity contribution is 9.10. The maximum absolute atomic E-state index is 13.0. The fourth-order valence-electron chi connectivity index (χ4n) is 2.21. The second-order valence-corrected chi connectivity index (χ2v) is 5.36. The van der Waals surface area contributed by atoms with Gasteiger partial charge in [0.05, 0.1) is 4.47 Å². The first-order valence-electron chi connectivity index (χ1n) is 6.23. The van der Waals surface area contributed by atoms with Crippen molar-refractivity contribution < 1.29 is 9.13 Å². The Morgan fingerprint density at radius 2 is 2.21 bits per heavy atom. The number of halogens is 2. The third-order valence-electron chi connectivity index (χ3n) is 3.19. The second kappa shape index (κ2) is 5.28. The first-order valence-corrected chi connectivity index (χ1v) is 7.02. The van der Waals surface area contributed by atoms with Crippen LogP contribution in [0.2, 0.25) is 0 Å². The van der Waals surface area contributed by atoms with Gasteiger partial charge in [-0.2, -0.15) is 0 Å². The molecule has 0 bridgehead atoms. The highest BCUT2D eigenvalue weighted by atomic mass is 79.9. The molecule has 1 aliphatic heterocycles. The predicted octanol–water partition coefficient (Wildman–Crippen LogP) is 3.10. The molecule has 0 amide bonds. The lowest BCUT2D eigenvalue weighted by Crippen LogP contribution is -2.14. The van der Waals surface area contributed by atoms with E-state index in [-0.39, 0.29) is 5.82 Å². The molecule has 3 rings (SSSR count). The summed E-state index contributed by atoms with van der Waals surface area (Å²) < 4.78 is 21.4. The number of hydrogen-bond acceptors (Lipinski definition) is 3. The molecule has 2 heterocycles. The van der Waals surface area contributed by atoms with Crippen LogP contribution in [0.15, 0.2) is 22.7 Å². The number of ether oxygens (including phenoxy) is 1. The monoisotopic (exact) mass is 325 g/mol. The Bertz CT molecular complexity index is 600. The average Bonchev–Trinajstić information content (AvgIpc) is 2.81. The van der Waals surface area contributed by atoms with E-state index in [4.69, 9.17) is 4.74 Å². The minimum absolute atomic E-state index is 0.293. The Kier molecular flexibility index (Phi) is 3.50. The SMILES string of the molecule is Fc1ccc(OCc2nnc3n2CCCC3)c(Br)c1. The molecule has 0 N–H and O–H groups in total. The first kappa shape index (κ1) is 12.6. The maximum Gasteiger partial charge on any atom is 0.171 e. The lowest BCUT2D eigenvalue weighted by molar-refractivity contribution is 0.284. The minimum Gasteiger partial charge on any atom is -0.484 e. The zero-order valence-electron chi connectivity index (χ0n) is 10.3. The highest BCUT2D eigenvalue weighted by Gasteiger charge is 2.16. The number of benzene rings is 1. The first-order chi connectivity index (χ1) is 9.24. The Morgan fingerprint density at radius 1 is 1.32 bits per heavy atom. The molecule has 0 spiro atoms. The van der Waals surface area contributed by atoms with Crippen molar-refractivity contribution in [1.82, 2.24) is 14.8 Å². The van der Waals surface area contributed by atoms with Crippen molar-refractivity contribution in [1.29, 1.82) is 0 Å². The summed E-state index contributed by atoms with van der Waals surface area (Å²) in [5, 5.41) is 8.33. The molecule has 6 heteroatoms. The molecular formula is C13H13BrFN3O. The van der Waals surface area contributed by atoms with Gasteiger partial charge < -0.3 is 9.30 Å². The summed E-state index contributed by atoms with van der Waals surface area (Å²) in [6.07, 6.45) is 3.30. The van der Waals surface area contributed by atoms with Gasteiger partial charge in [0.2, 0.25) is 0 Å². The van der Waals surface area contributed by atoms with Gasteiger partial charge in [0.25, 0.3) is 0 Å². The summed E-state index contributed by atoms with van der Waals surface area (Å²) in [6.45, 7) is 1.29. The summed E-state index contributed by atoms with van der Waals surface area (Å²) in [7, 11) is 0. The molecule has 0 unspecified atom stereocenters. The van der Waals surface area contributed by atoms with Gasteiger partial charge in [-0.15, -0.1) is 10.2 Å². The van der Waals surface area contributed by atoms with Gasteiger partial charge in [0.1, 0.15) is 24.0 Å². The standard InChI is InChI=1S/C13H13BrFN3O/c14-10-7-9(15)4-5-11(10)19-8-13-17-16-12-3-1-2-6-18(12)13/h4-5,7H,1-3,6,8H2. The van der Waals surface area contributed by atoms with Crippen molar-refractivity contribution >= 4 is 15.9 Å².